The predicted octanol–water partition coefficient (Wildman–Crippen LogP) is 1.08. The first-order chi connectivity index (χ1) is 9.56. The van der Waals surface area contributed by atoms with Crippen molar-refractivity contribution in [2.75, 3.05) is 18.6 Å². The van der Waals surface area contributed by atoms with Gasteiger partial charge in [0.15, 0.2) is 0 Å². The summed E-state index contributed by atoms with van der Waals surface area (Å²) in [4.78, 5) is 12.7. The molecule has 1 aliphatic heterocycles. The number of nitrogens with one attached hydrogen (secondary N) is 1. The second-order valence-corrected chi connectivity index (χ2v) is 5.24. The van der Waals surface area contributed by atoms with Crippen LogP contribution in [0.3, 0.4) is 0 Å². The maximum Gasteiger partial charge on any atom is 0.293 e. The third-order valence-electron chi connectivity index (χ3n) is 3.98. The quantitative estimate of drug-likeness (QED) is 0.423. The fourth-order valence-corrected chi connectivity index (χ4v) is 2.76. The fourth-order valence-electron chi connectivity index (χ4n) is 2.76. The van der Waals surface area contributed by atoms with E-state index in [0.29, 0.717) is 18.2 Å². The van der Waals surface area contributed by atoms with Crippen molar-refractivity contribution < 1.29 is 10.0 Å². The highest BCUT2D eigenvalue weighted by Gasteiger charge is 2.30. The van der Waals surface area contributed by atoms with Crippen molar-refractivity contribution in [2.45, 2.75) is 25.9 Å². The van der Waals surface area contributed by atoms with Gasteiger partial charge in [-0.2, -0.15) is 0 Å². The van der Waals surface area contributed by atoms with Crippen LogP contribution >= 0.6 is 0 Å². The van der Waals surface area contributed by atoms with Gasteiger partial charge in [-0.1, -0.05) is 13.0 Å². The van der Waals surface area contributed by atoms with Crippen molar-refractivity contribution >= 4 is 11.4 Å². The number of nitrogens with two attached hydrogens (primary N) is 1. The van der Waals surface area contributed by atoms with Crippen molar-refractivity contribution in [3.63, 3.8) is 0 Å². The Labute approximate surface area is 117 Å². The van der Waals surface area contributed by atoms with Crippen molar-refractivity contribution in [3.05, 3.63) is 33.9 Å². The summed E-state index contributed by atoms with van der Waals surface area (Å²) in [5.41, 5.74) is 3.45. The number of nitrogens with zero attached hydrogens (tertiary/aromatic N) is 2. The van der Waals surface area contributed by atoms with E-state index in [9.17, 15) is 15.2 Å². The smallest absolute Gasteiger partial charge is 0.293 e. The van der Waals surface area contributed by atoms with Crippen molar-refractivity contribution in [3.8, 4) is 0 Å². The Hall–Kier alpha value is -1.70. The summed E-state index contributed by atoms with van der Waals surface area (Å²) in [6.45, 7) is 3.73. The Balaban J connectivity index is 2.18. The summed E-state index contributed by atoms with van der Waals surface area (Å²) in [6, 6.07) is 5.09. The molecular weight excluding hydrogens is 260 g/mol. The number of benzene rings is 1. The van der Waals surface area contributed by atoms with Gasteiger partial charge in [-0.3, -0.25) is 20.9 Å². The first kappa shape index (κ1) is 14.7. The van der Waals surface area contributed by atoms with Crippen molar-refractivity contribution in [2.24, 2.45) is 11.8 Å². The number of hydrogen-bond donors (Lipinski definition) is 3. The lowest BCUT2D eigenvalue weighted by Gasteiger charge is -2.25. The number of nitro groups is 1. The van der Waals surface area contributed by atoms with Crippen LogP contribution in [0.1, 0.15) is 18.9 Å². The van der Waals surface area contributed by atoms with Crippen LogP contribution in [0.2, 0.25) is 0 Å². The van der Waals surface area contributed by atoms with Gasteiger partial charge >= 0.3 is 0 Å². The molecule has 0 saturated carbocycles. The maximum atomic E-state index is 11.0. The number of nitrogen functional groups attached to an aromatic ring is 1. The number of anilines is 1. The molecule has 0 amide bonds. The summed E-state index contributed by atoms with van der Waals surface area (Å²) in [5, 5.41) is 20.4. The molecule has 0 radical (unpaired) electrons. The van der Waals surface area contributed by atoms with E-state index in [-0.39, 0.29) is 18.3 Å². The Morgan fingerprint density at radius 1 is 1.60 bits per heavy atom. The molecule has 7 nitrogen and oxygen atoms in total. The van der Waals surface area contributed by atoms with Gasteiger partial charge in [0.1, 0.15) is 5.69 Å². The molecule has 0 aliphatic carbocycles. The van der Waals surface area contributed by atoms with Crippen LogP contribution in [-0.4, -0.2) is 34.1 Å². The van der Waals surface area contributed by atoms with Crippen LogP contribution in [0.15, 0.2) is 18.2 Å². The fraction of sp³-hybridized carbons (Fsp3) is 0.538. The molecule has 4 N–H and O–H groups in total. The molecule has 2 unspecified atom stereocenters. The minimum absolute atomic E-state index is 0.0298. The summed E-state index contributed by atoms with van der Waals surface area (Å²) >= 11 is 0. The van der Waals surface area contributed by atoms with E-state index in [4.69, 9.17) is 5.84 Å². The summed E-state index contributed by atoms with van der Waals surface area (Å²) in [6.07, 6.45) is 1.04. The van der Waals surface area contributed by atoms with E-state index in [1.807, 2.05) is 6.07 Å². The average molecular weight is 280 g/mol. The van der Waals surface area contributed by atoms with E-state index in [1.54, 1.807) is 6.07 Å². The predicted molar refractivity (Wildman–Crippen MR) is 76.0 cm³/mol. The van der Waals surface area contributed by atoms with Gasteiger partial charge in [0, 0.05) is 18.7 Å². The Kier molecular flexibility index (Phi) is 4.53. The van der Waals surface area contributed by atoms with E-state index < -0.39 is 4.92 Å². The molecule has 1 heterocycles. The van der Waals surface area contributed by atoms with E-state index >= 15 is 0 Å². The molecule has 1 aliphatic rings. The molecule has 2 rings (SSSR count). The second kappa shape index (κ2) is 6.17. The highest BCUT2D eigenvalue weighted by atomic mass is 16.6. The van der Waals surface area contributed by atoms with E-state index in [1.165, 1.54) is 6.07 Å². The first-order valence-electron chi connectivity index (χ1n) is 6.65. The molecule has 110 valence electrons. The lowest BCUT2D eigenvalue weighted by Crippen LogP contribution is -2.34. The Bertz CT molecular complexity index is 495. The minimum atomic E-state index is -0.450. The lowest BCUT2D eigenvalue weighted by molar-refractivity contribution is -0.384. The average Bonchev–Trinajstić information content (AvgIpc) is 2.78. The molecular formula is C13H20N4O3. The largest absolute Gasteiger partial charge is 0.395 e. The number of rotatable bonds is 5. The van der Waals surface area contributed by atoms with Crippen LogP contribution in [0, 0.1) is 16.0 Å². The standard InChI is InChI=1S/C13H20N4O3/c1-9-4-5-16(13(9)8-18)7-10-2-3-11(15-14)12(6-10)17(19)20/h2-3,6,9,13,15,18H,4-5,7-8,14H2,1H3. The number of aliphatic hydroxyl groups is 1. The summed E-state index contributed by atoms with van der Waals surface area (Å²) in [5.74, 6) is 5.71. The molecule has 1 aromatic carbocycles. The zero-order valence-corrected chi connectivity index (χ0v) is 11.5. The second-order valence-electron chi connectivity index (χ2n) is 5.24. The molecule has 0 aromatic heterocycles. The normalized spacial score (nSPS) is 22.9. The van der Waals surface area contributed by atoms with E-state index in [2.05, 4.69) is 17.2 Å². The molecule has 0 bridgehead atoms. The number of hydrogen-bond acceptors (Lipinski definition) is 6. The van der Waals surface area contributed by atoms with Gasteiger partial charge in [0.05, 0.1) is 11.5 Å². The van der Waals surface area contributed by atoms with Crippen LogP contribution in [0.4, 0.5) is 11.4 Å². The van der Waals surface area contributed by atoms with Crippen LogP contribution < -0.4 is 11.3 Å². The third kappa shape index (κ3) is 2.90. The molecule has 2 atom stereocenters. The first-order valence-corrected chi connectivity index (χ1v) is 6.65. The summed E-state index contributed by atoms with van der Waals surface area (Å²) in [7, 11) is 0. The van der Waals surface area contributed by atoms with Gasteiger partial charge in [0.2, 0.25) is 0 Å². The van der Waals surface area contributed by atoms with Gasteiger partial charge in [-0.25, -0.2) is 0 Å². The van der Waals surface area contributed by atoms with Gasteiger partial charge in [-0.05, 0) is 30.5 Å². The minimum Gasteiger partial charge on any atom is -0.395 e. The van der Waals surface area contributed by atoms with Gasteiger partial charge in [0.25, 0.3) is 5.69 Å². The number of nitro benzene ring substituents is 1. The molecule has 1 fully saturated rings. The monoisotopic (exact) mass is 280 g/mol. The molecule has 20 heavy (non-hydrogen) atoms. The molecule has 1 saturated heterocycles. The van der Waals surface area contributed by atoms with Crippen LogP contribution in [-0.2, 0) is 6.54 Å². The highest BCUT2D eigenvalue weighted by molar-refractivity contribution is 5.61. The SMILES string of the molecule is CC1CCN(Cc2ccc(NN)c([N+](=O)[O-])c2)C1CO. The number of aliphatic hydroxyl groups excluding tert-OH is 1. The number of hydrazine groups is 1. The van der Waals surface area contributed by atoms with E-state index in [0.717, 1.165) is 18.5 Å². The molecule has 1 aromatic rings. The van der Waals surface area contributed by atoms with Crippen LogP contribution in [0.5, 0.6) is 0 Å². The Morgan fingerprint density at radius 2 is 2.35 bits per heavy atom. The molecule has 7 heteroatoms. The summed E-state index contributed by atoms with van der Waals surface area (Å²) < 4.78 is 0. The van der Waals surface area contributed by atoms with Crippen molar-refractivity contribution in [1.29, 1.82) is 0 Å². The zero-order valence-electron chi connectivity index (χ0n) is 11.5. The molecule has 0 spiro atoms. The van der Waals surface area contributed by atoms with Gasteiger partial charge < -0.3 is 10.5 Å². The topological polar surface area (TPSA) is 105 Å². The number of likely N-dealkylation sites (tertiary alicyclic amines) is 1. The Morgan fingerprint density at radius 3 is 2.95 bits per heavy atom. The lowest BCUT2D eigenvalue weighted by atomic mass is 10.0. The zero-order chi connectivity index (χ0) is 14.7. The highest BCUT2D eigenvalue weighted by Crippen LogP contribution is 2.28. The van der Waals surface area contributed by atoms with Gasteiger partial charge in [-0.15, -0.1) is 0 Å². The van der Waals surface area contributed by atoms with Crippen LogP contribution in [0.25, 0.3) is 0 Å². The third-order valence-corrected chi connectivity index (χ3v) is 3.98. The maximum absolute atomic E-state index is 11.0. The van der Waals surface area contributed by atoms with Crippen molar-refractivity contribution in [1.82, 2.24) is 4.90 Å².